The van der Waals surface area contributed by atoms with Crippen LogP contribution in [0.1, 0.15) is 51.9 Å². The van der Waals surface area contributed by atoms with Crippen LogP contribution in [0.5, 0.6) is 0 Å². The molecule has 5 nitrogen and oxygen atoms in total. The first-order valence-corrected chi connectivity index (χ1v) is 7.28. The fraction of sp³-hybridized carbons (Fsp3) is 0.857. The highest BCUT2D eigenvalue weighted by atomic mass is 16.5. The van der Waals surface area contributed by atoms with E-state index in [0.29, 0.717) is 12.8 Å². The van der Waals surface area contributed by atoms with E-state index in [1.54, 1.807) is 0 Å². The lowest BCUT2D eigenvalue weighted by Gasteiger charge is -2.29. The highest BCUT2D eigenvalue weighted by Gasteiger charge is 2.35. The van der Waals surface area contributed by atoms with Crippen LogP contribution in [0.3, 0.4) is 0 Å². The summed E-state index contributed by atoms with van der Waals surface area (Å²) in [5, 5.41) is 11.8. The van der Waals surface area contributed by atoms with Crippen LogP contribution in [0.2, 0.25) is 0 Å². The molecule has 0 aromatic heterocycles. The fourth-order valence-electron chi connectivity index (χ4n) is 3.02. The van der Waals surface area contributed by atoms with E-state index in [1.807, 2.05) is 0 Å². The Morgan fingerprint density at radius 3 is 2.26 bits per heavy atom. The Morgan fingerprint density at radius 2 is 1.74 bits per heavy atom. The van der Waals surface area contributed by atoms with Gasteiger partial charge in [0.25, 0.3) is 0 Å². The minimum absolute atomic E-state index is 0.135. The molecule has 1 aliphatic carbocycles. The van der Waals surface area contributed by atoms with Crippen molar-refractivity contribution in [3.63, 3.8) is 0 Å². The van der Waals surface area contributed by atoms with Gasteiger partial charge in [0.1, 0.15) is 6.10 Å². The summed E-state index contributed by atoms with van der Waals surface area (Å²) in [4.78, 5) is 22.8. The van der Waals surface area contributed by atoms with Crippen molar-refractivity contribution in [1.82, 2.24) is 5.32 Å². The number of nitrogens with one attached hydrogen (secondary N) is 1. The van der Waals surface area contributed by atoms with Gasteiger partial charge >= 0.3 is 5.97 Å². The van der Waals surface area contributed by atoms with Gasteiger partial charge in [-0.15, -0.1) is 0 Å². The van der Waals surface area contributed by atoms with E-state index in [9.17, 15) is 9.59 Å². The first-order chi connectivity index (χ1) is 9.10. The van der Waals surface area contributed by atoms with E-state index in [0.717, 1.165) is 18.8 Å². The standard InChI is InChI=1S/C14H23NO4/c1-2-9-3-5-10(6-4-9)15-13(16)11-7-8-12(19-11)14(17)18/h9-12H,2-8H2,1H3,(H,15,16)(H,17,18). The zero-order chi connectivity index (χ0) is 13.8. The van der Waals surface area contributed by atoms with Crippen molar-refractivity contribution in [3.8, 4) is 0 Å². The Morgan fingerprint density at radius 1 is 1.11 bits per heavy atom. The molecule has 0 radical (unpaired) electrons. The van der Waals surface area contributed by atoms with E-state index < -0.39 is 18.2 Å². The van der Waals surface area contributed by atoms with E-state index >= 15 is 0 Å². The van der Waals surface area contributed by atoms with E-state index in [2.05, 4.69) is 12.2 Å². The smallest absolute Gasteiger partial charge is 0.332 e. The third-order valence-corrected chi connectivity index (χ3v) is 4.36. The van der Waals surface area contributed by atoms with Crippen LogP contribution in [-0.2, 0) is 14.3 Å². The molecule has 2 rings (SSSR count). The molecule has 2 N–H and O–H groups in total. The van der Waals surface area contributed by atoms with Crippen LogP contribution in [0, 0.1) is 5.92 Å². The van der Waals surface area contributed by atoms with Gasteiger partial charge in [0, 0.05) is 6.04 Å². The predicted octanol–water partition coefficient (Wildman–Crippen LogP) is 1.70. The molecule has 0 aromatic carbocycles. The summed E-state index contributed by atoms with van der Waals surface area (Å²) in [6.07, 6.45) is 5.15. The summed E-state index contributed by atoms with van der Waals surface area (Å²) in [5.74, 6) is -0.310. The summed E-state index contributed by atoms with van der Waals surface area (Å²) in [7, 11) is 0. The zero-order valence-corrected chi connectivity index (χ0v) is 11.4. The van der Waals surface area contributed by atoms with Crippen molar-refractivity contribution < 1.29 is 19.4 Å². The molecule has 1 aliphatic heterocycles. The molecule has 19 heavy (non-hydrogen) atoms. The fourth-order valence-corrected chi connectivity index (χ4v) is 3.02. The number of carboxylic acid groups (broad SMARTS) is 1. The van der Waals surface area contributed by atoms with Gasteiger partial charge in [-0.3, -0.25) is 4.79 Å². The molecule has 2 fully saturated rings. The molecule has 2 aliphatic rings. The Hall–Kier alpha value is -1.10. The number of rotatable bonds is 4. The van der Waals surface area contributed by atoms with Gasteiger partial charge in [-0.1, -0.05) is 13.3 Å². The van der Waals surface area contributed by atoms with Crippen molar-refractivity contribution in [2.24, 2.45) is 5.92 Å². The molecule has 1 saturated carbocycles. The van der Waals surface area contributed by atoms with Crippen LogP contribution in [-0.4, -0.2) is 35.2 Å². The quantitative estimate of drug-likeness (QED) is 0.814. The summed E-state index contributed by atoms with van der Waals surface area (Å²) >= 11 is 0. The molecule has 1 heterocycles. The number of aliphatic carboxylic acids is 1. The molecular formula is C14H23NO4. The van der Waals surface area contributed by atoms with Gasteiger partial charge in [-0.25, -0.2) is 4.79 Å². The van der Waals surface area contributed by atoms with Crippen LogP contribution in [0.15, 0.2) is 0 Å². The molecule has 0 spiro atoms. The Kier molecular flexibility index (Phi) is 4.80. The maximum Gasteiger partial charge on any atom is 0.332 e. The van der Waals surface area contributed by atoms with Crippen LogP contribution in [0.25, 0.3) is 0 Å². The Labute approximate surface area is 113 Å². The van der Waals surface area contributed by atoms with Crippen molar-refractivity contribution in [2.45, 2.75) is 70.1 Å². The topological polar surface area (TPSA) is 75.6 Å². The number of amides is 1. The molecule has 2 unspecified atom stereocenters. The monoisotopic (exact) mass is 269 g/mol. The average molecular weight is 269 g/mol. The highest BCUT2D eigenvalue weighted by Crippen LogP contribution is 2.27. The van der Waals surface area contributed by atoms with E-state index in [4.69, 9.17) is 9.84 Å². The van der Waals surface area contributed by atoms with Gasteiger partial charge < -0.3 is 15.2 Å². The Bertz CT molecular complexity index is 336. The van der Waals surface area contributed by atoms with Crippen molar-refractivity contribution in [3.05, 3.63) is 0 Å². The zero-order valence-electron chi connectivity index (χ0n) is 11.4. The van der Waals surface area contributed by atoms with Gasteiger partial charge in [0.2, 0.25) is 5.91 Å². The third-order valence-electron chi connectivity index (χ3n) is 4.36. The first kappa shape index (κ1) is 14.3. The second-order valence-electron chi connectivity index (χ2n) is 5.66. The molecule has 1 amide bonds. The average Bonchev–Trinajstić information content (AvgIpc) is 2.89. The van der Waals surface area contributed by atoms with E-state index in [1.165, 1.54) is 19.3 Å². The predicted molar refractivity (Wildman–Crippen MR) is 69.7 cm³/mol. The summed E-state index contributed by atoms with van der Waals surface area (Å²) in [6.45, 7) is 2.21. The lowest BCUT2D eigenvalue weighted by Crippen LogP contribution is -2.43. The summed E-state index contributed by atoms with van der Waals surface area (Å²) in [5.41, 5.74) is 0. The van der Waals surface area contributed by atoms with Crippen LogP contribution < -0.4 is 5.32 Å². The number of hydrogen-bond acceptors (Lipinski definition) is 3. The molecule has 1 saturated heterocycles. The third kappa shape index (κ3) is 3.69. The van der Waals surface area contributed by atoms with E-state index in [-0.39, 0.29) is 11.9 Å². The van der Waals surface area contributed by atoms with Gasteiger partial charge in [0.15, 0.2) is 6.10 Å². The maximum absolute atomic E-state index is 12.0. The number of carbonyl (C=O) groups excluding carboxylic acids is 1. The normalized spacial score (nSPS) is 35.0. The first-order valence-electron chi connectivity index (χ1n) is 7.28. The Balaban J connectivity index is 1.75. The SMILES string of the molecule is CCC1CCC(NC(=O)C2CCC(C(=O)O)O2)CC1. The van der Waals surface area contributed by atoms with Gasteiger partial charge in [-0.05, 0) is 44.4 Å². The largest absolute Gasteiger partial charge is 0.479 e. The number of carboxylic acids is 1. The van der Waals surface area contributed by atoms with Crippen molar-refractivity contribution in [2.75, 3.05) is 0 Å². The van der Waals surface area contributed by atoms with Gasteiger partial charge in [-0.2, -0.15) is 0 Å². The molecule has 0 bridgehead atoms. The molecule has 108 valence electrons. The number of carbonyl (C=O) groups is 2. The minimum Gasteiger partial charge on any atom is -0.479 e. The molecule has 5 heteroatoms. The molecule has 0 aromatic rings. The molecular weight excluding hydrogens is 246 g/mol. The van der Waals surface area contributed by atoms with Crippen LogP contribution in [0.4, 0.5) is 0 Å². The summed E-state index contributed by atoms with van der Waals surface area (Å²) < 4.78 is 5.26. The number of ether oxygens (including phenoxy) is 1. The second-order valence-corrected chi connectivity index (χ2v) is 5.66. The number of hydrogen-bond donors (Lipinski definition) is 2. The highest BCUT2D eigenvalue weighted by molar-refractivity contribution is 5.82. The van der Waals surface area contributed by atoms with Crippen molar-refractivity contribution >= 4 is 11.9 Å². The van der Waals surface area contributed by atoms with Gasteiger partial charge in [0.05, 0.1) is 0 Å². The lowest BCUT2D eigenvalue weighted by atomic mass is 9.84. The van der Waals surface area contributed by atoms with Crippen molar-refractivity contribution in [1.29, 1.82) is 0 Å². The maximum atomic E-state index is 12.0. The second kappa shape index (κ2) is 6.37. The lowest BCUT2D eigenvalue weighted by molar-refractivity contribution is -0.152. The summed E-state index contributed by atoms with van der Waals surface area (Å²) in [6, 6.07) is 0.239. The van der Waals surface area contributed by atoms with Crippen LogP contribution >= 0.6 is 0 Å². The molecule has 2 atom stereocenters. The minimum atomic E-state index is -0.973.